The van der Waals surface area contributed by atoms with E-state index in [9.17, 15) is 9.18 Å². The van der Waals surface area contributed by atoms with Gasteiger partial charge in [0.05, 0.1) is 11.1 Å². The van der Waals surface area contributed by atoms with Gasteiger partial charge in [-0.05, 0) is 29.1 Å². The molecule has 0 saturated carbocycles. The van der Waals surface area contributed by atoms with Crippen LogP contribution in [0, 0.1) is 5.82 Å². The van der Waals surface area contributed by atoms with Crippen LogP contribution in [0.2, 0.25) is 0 Å². The summed E-state index contributed by atoms with van der Waals surface area (Å²) in [5.41, 5.74) is 2.66. The number of rotatable bonds is 1. The molecule has 3 aromatic carbocycles. The summed E-state index contributed by atoms with van der Waals surface area (Å²) in [6.45, 7) is 0. The van der Waals surface area contributed by atoms with E-state index in [0.29, 0.717) is 5.75 Å². The summed E-state index contributed by atoms with van der Waals surface area (Å²) in [7, 11) is 0. The molecule has 0 spiro atoms. The normalized spacial score (nSPS) is 17.4. The molecule has 1 aliphatic heterocycles. The van der Waals surface area contributed by atoms with Gasteiger partial charge >= 0.3 is 0 Å². The van der Waals surface area contributed by atoms with Crippen LogP contribution < -0.4 is 5.32 Å². The molecule has 1 atom stereocenters. The molecule has 1 N–H and O–H groups in total. The highest BCUT2D eigenvalue weighted by Gasteiger charge is 2.21. The molecular formula is C19H14FNOS. The fourth-order valence-electron chi connectivity index (χ4n) is 2.93. The van der Waals surface area contributed by atoms with Gasteiger partial charge in [0, 0.05) is 16.6 Å². The van der Waals surface area contributed by atoms with E-state index in [1.54, 1.807) is 12.1 Å². The molecule has 0 aliphatic carbocycles. The molecule has 2 nitrogen and oxygen atoms in total. The smallest absolute Gasteiger partial charge is 0.173 e. The van der Waals surface area contributed by atoms with E-state index >= 15 is 0 Å². The van der Waals surface area contributed by atoms with Crippen LogP contribution in [0.4, 0.5) is 10.1 Å². The Labute approximate surface area is 137 Å². The molecule has 4 heteroatoms. The predicted molar refractivity (Wildman–Crippen MR) is 93.5 cm³/mol. The van der Waals surface area contributed by atoms with Gasteiger partial charge in [0.1, 0.15) is 5.82 Å². The molecular weight excluding hydrogens is 309 g/mol. The fraction of sp³-hybridized carbons (Fsp3) is 0.105. The monoisotopic (exact) mass is 323 g/mol. The second-order valence-corrected chi connectivity index (χ2v) is 6.61. The van der Waals surface area contributed by atoms with Gasteiger partial charge in [-0.15, -0.1) is 11.8 Å². The van der Waals surface area contributed by atoms with Crippen LogP contribution in [0.5, 0.6) is 0 Å². The second-order valence-electron chi connectivity index (χ2n) is 5.52. The first-order chi connectivity index (χ1) is 11.2. The fourth-order valence-corrected chi connectivity index (χ4v) is 3.96. The predicted octanol–water partition coefficient (Wildman–Crippen LogP) is 5.02. The third-order valence-corrected chi connectivity index (χ3v) is 5.20. The minimum absolute atomic E-state index is 0.0847. The molecule has 1 heterocycles. The largest absolute Gasteiger partial charge is 0.369 e. The summed E-state index contributed by atoms with van der Waals surface area (Å²) in [5, 5.41) is 5.44. The third-order valence-electron chi connectivity index (χ3n) is 4.05. The number of anilines is 1. The lowest BCUT2D eigenvalue weighted by molar-refractivity contribution is 0.102. The molecule has 4 rings (SSSR count). The van der Waals surface area contributed by atoms with E-state index in [0.717, 1.165) is 27.6 Å². The van der Waals surface area contributed by atoms with Crippen LogP contribution in [0.25, 0.3) is 10.8 Å². The minimum Gasteiger partial charge on any atom is -0.369 e. The molecule has 0 aromatic heterocycles. The highest BCUT2D eigenvalue weighted by atomic mass is 32.2. The molecule has 0 radical (unpaired) electrons. The average molecular weight is 323 g/mol. The first-order valence-electron chi connectivity index (χ1n) is 7.41. The molecule has 0 amide bonds. The average Bonchev–Trinajstić information content (AvgIpc) is 2.57. The Morgan fingerprint density at radius 1 is 1.00 bits per heavy atom. The van der Waals surface area contributed by atoms with E-state index in [1.165, 1.54) is 23.9 Å². The van der Waals surface area contributed by atoms with Gasteiger partial charge in [-0.25, -0.2) is 4.39 Å². The Morgan fingerprint density at radius 2 is 1.74 bits per heavy atom. The topological polar surface area (TPSA) is 29.1 Å². The minimum atomic E-state index is -0.256. The highest BCUT2D eigenvalue weighted by Crippen LogP contribution is 2.37. The lowest BCUT2D eigenvalue weighted by Crippen LogP contribution is -2.15. The van der Waals surface area contributed by atoms with Crippen LogP contribution in [-0.4, -0.2) is 11.5 Å². The van der Waals surface area contributed by atoms with Crippen molar-refractivity contribution in [2.75, 3.05) is 11.1 Å². The van der Waals surface area contributed by atoms with Crippen LogP contribution >= 0.6 is 11.8 Å². The van der Waals surface area contributed by atoms with Crippen molar-refractivity contribution in [2.24, 2.45) is 0 Å². The maximum Gasteiger partial charge on any atom is 0.173 e. The van der Waals surface area contributed by atoms with E-state index < -0.39 is 0 Å². The van der Waals surface area contributed by atoms with E-state index in [-0.39, 0.29) is 17.0 Å². The third kappa shape index (κ3) is 2.59. The number of ketones is 1. The Bertz CT molecular complexity index is 886. The van der Waals surface area contributed by atoms with Crippen LogP contribution in [-0.2, 0) is 0 Å². The van der Waals surface area contributed by atoms with Crippen molar-refractivity contribution in [2.45, 2.75) is 5.37 Å². The molecule has 23 heavy (non-hydrogen) atoms. The van der Waals surface area contributed by atoms with Gasteiger partial charge < -0.3 is 5.32 Å². The van der Waals surface area contributed by atoms with Gasteiger partial charge in [-0.2, -0.15) is 0 Å². The van der Waals surface area contributed by atoms with Crippen molar-refractivity contribution in [3.8, 4) is 0 Å². The zero-order chi connectivity index (χ0) is 15.8. The molecule has 3 aromatic rings. The van der Waals surface area contributed by atoms with Gasteiger partial charge in [0.25, 0.3) is 0 Å². The van der Waals surface area contributed by atoms with E-state index in [1.807, 2.05) is 36.4 Å². The number of hydrogen-bond donors (Lipinski definition) is 1. The van der Waals surface area contributed by atoms with Crippen molar-refractivity contribution < 1.29 is 9.18 Å². The first kappa shape index (κ1) is 14.3. The molecule has 0 saturated heterocycles. The quantitative estimate of drug-likeness (QED) is 0.682. The Kier molecular flexibility index (Phi) is 3.54. The van der Waals surface area contributed by atoms with Crippen molar-refractivity contribution in [1.29, 1.82) is 0 Å². The van der Waals surface area contributed by atoms with Crippen LogP contribution in [0.15, 0.2) is 60.7 Å². The Balaban J connectivity index is 1.85. The SMILES string of the molecule is O=C1CSC(c2ccc(F)cc2)Nc2cccc3cccc1c23. The van der Waals surface area contributed by atoms with Gasteiger partial charge in [0.15, 0.2) is 5.78 Å². The van der Waals surface area contributed by atoms with Gasteiger partial charge in [-0.1, -0.05) is 42.5 Å². The summed E-state index contributed by atoms with van der Waals surface area (Å²) in [4.78, 5) is 12.6. The number of carbonyl (C=O) groups is 1. The van der Waals surface area contributed by atoms with Crippen molar-refractivity contribution in [1.82, 2.24) is 0 Å². The number of thioether (sulfide) groups is 1. The Hall–Kier alpha value is -2.33. The number of Topliss-reactive ketones (excluding diaryl/α,β-unsaturated/α-hetero) is 1. The van der Waals surface area contributed by atoms with Crippen LogP contribution in [0.1, 0.15) is 21.3 Å². The number of benzene rings is 3. The molecule has 0 bridgehead atoms. The van der Waals surface area contributed by atoms with Gasteiger partial charge in [-0.3, -0.25) is 4.79 Å². The maximum atomic E-state index is 13.2. The highest BCUT2D eigenvalue weighted by molar-refractivity contribution is 8.00. The zero-order valence-corrected chi connectivity index (χ0v) is 13.1. The standard InChI is InChI=1S/C19H14FNOS/c20-14-9-7-13(8-10-14)19-21-16-6-2-4-12-3-1-5-15(18(12)16)17(22)11-23-19/h1-10,19,21H,11H2. The Morgan fingerprint density at radius 3 is 2.52 bits per heavy atom. The summed E-state index contributed by atoms with van der Waals surface area (Å²) < 4.78 is 13.2. The second kappa shape index (κ2) is 5.70. The lowest BCUT2D eigenvalue weighted by Gasteiger charge is -2.24. The molecule has 1 unspecified atom stereocenters. The lowest BCUT2D eigenvalue weighted by atomic mass is 10.00. The molecule has 0 fully saturated rings. The molecule has 1 aliphatic rings. The van der Waals surface area contributed by atoms with Crippen molar-refractivity contribution >= 4 is 34.0 Å². The number of halogens is 1. The molecule has 114 valence electrons. The summed E-state index contributed by atoms with van der Waals surface area (Å²) in [5.74, 6) is 0.262. The van der Waals surface area contributed by atoms with Crippen LogP contribution in [0.3, 0.4) is 0 Å². The maximum absolute atomic E-state index is 13.2. The first-order valence-corrected chi connectivity index (χ1v) is 8.46. The summed E-state index contributed by atoms with van der Waals surface area (Å²) >= 11 is 1.53. The van der Waals surface area contributed by atoms with E-state index in [2.05, 4.69) is 5.32 Å². The van der Waals surface area contributed by atoms with Crippen molar-refractivity contribution in [3.63, 3.8) is 0 Å². The van der Waals surface area contributed by atoms with Crippen molar-refractivity contribution in [3.05, 3.63) is 77.6 Å². The zero-order valence-electron chi connectivity index (χ0n) is 12.3. The summed E-state index contributed by atoms with van der Waals surface area (Å²) in [6.07, 6.45) is 0. The summed E-state index contributed by atoms with van der Waals surface area (Å²) in [6, 6.07) is 18.2. The van der Waals surface area contributed by atoms with Gasteiger partial charge in [0.2, 0.25) is 0 Å². The van der Waals surface area contributed by atoms with E-state index in [4.69, 9.17) is 0 Å². The number of hydrogen-bond acceptors (Lipinski definition) is 3. The number of carbonyl (C=O) groups excluding carboxylic acids is 1. The number of nitrogens with one attached hydrogen (secondary N) is 1.